The molecule has 7 nitrogen and oxygen atoms in total. The van der Waals surface area contributed by atoms with Crippen LogP contribution in [0.25, 0.3) is 11.3 Å². The van der Waals surface area contributed by atoms with Crippen LogP contribution in [0, 0.1) is 13.8 Å². The lowest BCUT2D eigenvalue weighted by Gasteiger charge is -2.07. The Bertz CT molecular complexity index is 1150. The third-order valence-electron chi connectivity index (χ3n) is 4.01. The van der Waals surface area contributed by atoms with Crippen molar-refractivity contribution in [2.45, 2.75) is 24.8 Å². The van der Waals surface area contributed by atoms with Crippen LogP contribution in [0.4, 0.5) is 0 Å². The minimum atomic E-state index is -0.0934. The highest BCUT2D eigenvalue weighted by Gasteiger charge is 2.12. The van der Waals surface area contributed by atoms with E-state index in [4.69, 9.17) is 0 Å². The lowest BCUT2D eigenvalue weighted by molar-refractivity contribution is 0.752. The van der Waals surface area contributed by atoms with Gasteiger partial charge in [0.25, 0.3) is 5.56 Å². The van der Waals surface area contributed by atoms with Gasteiger partial charge >= 0.3 is 0 Å². The van der Waals surface area contributed by atoms with Gasteiger partial charge in [0.15, 0.2) is 0 Å². The van der Waals surface area contributed by atoms with E-state index in [1.54, 1.807) is 21.3 Å². The summed E-state index contributed by atoms with van der Waals surface area (Å²) in [6.07, 6.45) is 1.75. The molecule has 0 saturated carbocycles. The standard InChI is InChI=1S/C18H16N6OS/c1-12-7-8-23-16(9-12)19-14(10-17(23)25)11-26-18-20-21-22-24(18)15-6-4-3-5-13(15)2/h3-10H,11H2,1-2H3. The Hall–Kier alpha value is -3.00. The van der Waals surface area contributed by atoms with Gasteiger partial charge in [0.05, 0.1) is 11.4 Å². The first-order valence-corrected chi connectivity index (χ1v) is 9.06. The molecule has 1 aromatic carbocycles. The largest absolute Gasteiger partial charge is 0.269 e. The Morgan fingerprint density at radius 1 is 1.12 bits per heavy atom. The molecular weight excluding hydrogens is 348 g/mol. The number of benzene rings is 1. The number of rotatable bonds is 4. The summed E-state index contributed by atoms with van der Waals surface area (Å²) in [6, 6.07) is 13.3. The number of tetrazole rings is 1. The molecule has 0 N–H and O–H groups in total. The zero-order valence-electron chi connectivity index (χ0n) is 14.3. The summed E-state index contributed by atoms with van der Waals surface area (Å²) in [5.41, 5.74) is 4.33. The van der Waals surface area contributed by atoms with Crippen molar-refractivity contribution in [2.24, 2.45) is 0 Å². The van der Waals surface area contributed by atoms with Gasteiger partial charge in [0.2, 0.25) is 5.16 Å². The first-order valence-electron chi connectivity index (χ1n) is 8.08. The molecule has 3 aromatic heterocycles. The van der Waals surface area contributed by atoms with Crippen LogP contribution in [-0.4, -0.2) is 29.6 Å². The minimum absolute atomic E-state index is 0.0934. The molecule has 130 valence electrons. The summed E-state index contributed by atoms with van der Waals surface area (Å²) in [4.78, 5) is 16.9. The molecule has 0 aliphatic heterocycles. The summed E-state index contributed by atoms with van der Waals surface area (Å²) in [7, 11) is 0. The number of aryl methyl sites for hydroxylation is 2. The number of thioether (sulfide) groups is 1. The average Bonchev–Trinajstić information content (AvgIpc) is 3.08. The summed E-state index contributed by atoms with van der Waals surface area (Å²) in [5.74, 6) is 0.506. The molecule has 0 amide bonds. The van der Waals surface area contributed by atoms with E-state index < -0.39 is 0 Å². The van der Waals surface area contributed by atoms with Crippen LogP contribution in [0.15, 0.2) is 58.6 Å². The monoisotopic (exact) mass is 364 g/mol. The predicted octanol–water partition coefficient (Wildman–Crippen LogP) is 2.58. The van der Waals surface area contributed by atoms with Crippen molar-refractivity contribution in [3.05, 3.63) is 75.8 Å². The summed E-state index contributed by atoms with van der Waals surface area (Å²) in [5, 5.41) is 12.6. The quantitative estimate of drug-likeness (QED) is 0.518. The van der Waals surface area contributed by atoms with E-state index in [9.17, 15) is 4.79 Å². The average molecular weight is 364 g/mol. The molecule has 0 saturated heterocycles. The number of nitrogens with zero attached hydrogens (tertiary/aromatic N) is 6. The zero-order chi connectivity index (χ0) is 18.1. The minimum Gasteiger partial charge on any atom is -0.269 e. The summed E-state index contributed by atoms with van der Waals surface area (Å²) < 4.78 is 3.25. The van der Waals surface area contributed by atoms with Gasteiger partial charge in [-0.15, -0.1) is 5.10 Å². The first-order chi connectivity index (χ1) is 12.6. The van der Waals surface area contributed by atoms with Crippen molar-refractivity contribution in [1.82, 2.24) is 29.6 Å². The Kier molecular flexibility index (Phi) is 4.26. The first kappa shape index (κ1) is 16.5. The Morgan fingerprint density at radius 3 is 2.81 bits per heavy atom. The van der Waals surface area contributed by atoms with Gasteiger partial charge in [-0.1, -0.05) is 30.0 Å². The van der Waals surface area contributed by atoms with E-state index >= 15 is 0 Å². The highest BCUT2D eigenvalue weighted by Crippen LogP contribution is 2.23. The van der Waals surface area contributed by atoms with E-state index in [2.05, 4.69) is 20.5 Å². The summed E-state index contributed by atoms with van der Waals surface area (Å²) >= 11 is 1.45. The SMILES string of the molecule is Cc1ccn2c(=O)cc(CSc3nnnn3-c3ccccc3C)nc2c1. The molecule has 0 aliphatic rings. The van der Waals surface area contributed by atoms with E-state index in [1.165, 1.54) is 11.8 Å². The highest BCUT2D eigenvalue weighted by atomic mass is 32.2. The van der Waals surface area contributed by atoms with Crippen LogP contribution in [-0.2, 0) is 5.75 Å². The summed E-state index contributed by atoms with van der Waals surface area (Å²) in [6.45, 7) is 3.99. The molecule has 0 atom stereocenters. The van der Waals surface area contributed by atoms with E-state index in [0.29, 0.717) is 22.3 Å². The molecule has 4 rings (SSSR count). The normalized spacial score (nSPS) is 11.2. The molecule has 4 aromatic rings. The fourth-order valence-corrected chi connectivity index (χ4v) is 3.46. The van der Waals surface area contributed by atoms with Gasteiger partial charge < -0.3 is 0 Å². The second-order valence-corrected chi connectivity index (χ2v) is 6.91. The van der Waals surface area contributed by atoms with Crippen LogP contribution in [0.1, 0.15) is 16.8 Å². The Morgan fingerprint density at radius 2 is 1.96 bits per heavy atom. The maximum Gasteiger partial charge on any atom is 0.258 e. The van der Waals surface area contributed by atoms with Crippen molar-refractivity contribution in [3.63, 3.8) is 0 Å². The zero-order valence-corrected chi connectivity index (χ0v) is 15.1. The second-order valence-electron chi connectivity index (χ2n) is 5.97. The number of hydrogen-bond acceptors (Lipinski definition) is 6. The van der Waals surface area contributed by atoms with Crippen LogP contribution in [0.2, 0.25) is 0 Å². The van der Waals surface area contributed by atoms with Gasteiger partial charge in [-0.05, 0) is 53.6 Å². The van der Waals surface area contributed by atoms with Crippen LogP contribution < -0.4 is 5.56 Å². The molecule has 3 heterocycles. The van der Waals surface area contributed by atoms with Crippen molar-refractivity contribution in [1.29, 1.82) is 0 Å². The van der Waals surface area contributed by atoms with E-state index in [0.717, 1.165) is 16.8 Å². The van der Waals surface area contributed by atoms with Crippen LogP contribution in [0.5, 0.6) is 0 Å². The maximum atomic E-state index is 12.3. The number of aromatic nitrogens is 6. The smallest absolute Gasteiger partial charge is 0.258 e. The van der Waals surface area contributed by atoms with Gasteiger partial charge in [0, 0.05) is 18.0 Å². The Labute approximate surface area is 153 Å². The van der Waals surface area contributed by atoms with Gasteiger partial charge in [-0.2, -0.15) is 4.68 Å². The lowest BCUT2D eigenvalue weighted by atomic mass is 10.2. The Balaban J connectivity index is 1.63. The fraction of sp³-hybridized carbons (Fsp3) is 0.167. The van der Waals surface area contributed by atoms with E-state index in [-0.39, 0.29) is 5.56 Å². The fourth-order valence-electron chi connectivity index (χ4n) is 2.69. The molecule has 0 radical (unpaired) electrons. The van der Waals surface area contributed by atoms with Gasteiger partial charge in [-0.25, -0.2) is 4.98 Å². The molecule has 0 aliphatic carbocycles. The van der Waals surface area contributed by atoms with Gasteiger partial charge in [0.1, 0.15) is 5.65 Å². The van der Waals surface area contributed by atoms with E-state index in [1.807, 2.05) is 50.2 Å². The molecule has 0 unspecified atom stereocenters. The number of para-hydroxylation sites is 1. The second kappa shape index (κ2) is 6.72. The number of fused-ring (bicyclic) bond motifs is 1. The van der Waals surface area contributed by atoms with Crippen molar-refractivity contribution >= 4 is 17.4 Å². The number of pyridine rings is 1. The van der Waals surface area contributed by atoms with Crippen LogP contribution in [0.3, 0.4) is 0 Å². The molecule has 0 spiro atoms. The third-order valence-corrected chi connectivity index (χ3v) is 4.96. The van der Waals surface area contributed by atoms with Crippen molar-refractivity contribution in [2.75, 3.05) is 0 Å². The van der Waals surface area contributed by atoms with Gasteiger partial charge in [-0.3, -0.25) is 9.20 Å². The van der Waals surface area contributed by atoms with Crippen LogP contribution >= 0.6 is 11.8 Å². The topological polar surface area (TPSA) is 78.0 Å². The van der Waals surface area contributed by atoms with Crippen molar-refractivity contribution in [3.8, 4) is 5.69 Å². The maximum absolute atomic E-state index is 12.3. The molecule has 26 heavy (non-hydrogen) atoms. The molecular formula is C18H16N6OS. The predicted molar refractivity (Wildman–Crippen MR) is 99.7 cm³/mol. The lowest BCUT2D eigenvalue weighted by Crippen LogP contribution is -2.15. The molecule has 8 heteroatoms. The number of hydrogen-bond donors (Lipinski definition) is 0. The van der Waals surface area contributed by atoms with Crippen molar-refractivity contribution < 1.29 is 0 Å². The highest BCUT2D eigenvalue weighted by molar-refractivity contribution is 7.98. The third kappa shape index (κ3) is 3.11. The molecule has 0 fully saturated rings. The molecule has 0 bridgehead atoms.